The lowest BCUT2D eigenvalue weighted by Crippen LogP contribution is -2.12. The molecule has 0 unspecified atom stereocenters. The highest BCUT2D eigenvalue weighted by atomic mass is 16.5. The molecule has 0 saturated carbocycles. The normalized spacial score (nSPS) is 10.4. The van der Waals surface area contributed by atoms with E-state index in [2.05, 4.69) is 0 Å². The summed E-state index contributed by atoms with van der Waals surface area (Å²) in [4.78, 5) is 60.7. The second kappa shape index (κ2) is 11.2. The molecule has 4 aromatic carbocycles. The SMILES string of the molecule is O=C(c1ccccc1)c1cccc(Oc2cccc(C(=O)O)c2C(=O)O)c1Oc1cccc(C(=O)O)c1C(=O)O. The van der Waals surface area contributed by atoms with Crippen molar-refractivity contribution in [3.63, 3.8) is 0 Å². The van der Waals surface area contributed by atoms with E-state index in [4.69, 9.17) is 9.47 Å². The quantitative estimate of drug-likeness (QED) is 0.191. The van der Waals surface area contributed by atoms with E-state index in [-0.39, 0.29) is 22.6 Å². The summed E-state index contributed by atoms with van der Waals surface area (Å²) >= 11 is 0. The Balaban J connectivity index is 1.95. The number of ketones is 1. The Hall–Kier alpha value is -5.97. The number of ether oxygens (including phenoxy) is 2. The van der Waals surface area contributed by atoms with Gasteiger partial charge in [-0.1, -0.05) is 48.5 Å². The molecule has 0 spiro atoms. The van der Waals surface area contributed by atoms with E-state index in [0.29, 0.717) is 0 Å². The van der Waals surface area contributed by atoms with Crippen molar-refractivity contribution in [2.45, 2.75) is 0 Å². The van der Waals surface area contributed by atoms with Gasteiger partial charge in [-0.05, 0) is 36.4 Å². The van der Waals surface area contributed by atoms with Crippen LogP contribution < -0.4 is 9.47 Å². The number of carbonyl (C=O) groups excluding carboxylic acids is 1. The molecule has 0 heterocycles. The van der Waals surface area contributed by atoms with Crippen LogP contribution >= 0.6 is 0 Å². The predicted octanol–water partition coefficient (Wildman–Crippen LogP) is 5.30. The van der Waals surface area contributed by atoms with Gasteiger partial charge in [0.25, 0.3) is 0 Å². The third-order valence-corrected chi connectivity index (χ3v) is 5.63. The van der Waals surface area contributed by atoms with Gasteiger partial charge in [-0.3, -0.25) is 4.79 Å². The van der Waals surface area contributed by atoms with E-state index < -0.39 is 63.4 Å². The highest BCUT2D eigenvalue weighted by molar-refractivity contribution is 6.11. The first kappa shape index (κ1) is 27.1. The van der Waals surface area contributed by atoms with Crippen molar-refractivity contribution >= 4 is 29.7 Å². The average Bonchev–Trinajstić information content (AvgIpc) is 2.93. The fraction of sp³-hybridized carbons (Fsp3) is 0. The molecule has 0 saturated heterocycles. The summed E-state index contributed by atoms with van der Waals surface area (Å²) in [6.45, 7) is 0. The molecule has 0 radical (unpaired) electrons. The standard InChI is InChI=1S/C29H18O11/c30-24(15-7-2-1-3-8-15)18-11-6-14-21(39-19-12-4-9-16(26(31)32)22(19)28(35)36)25(18)40-20-13-5-10-17(27(33)34)23(20)29(37)38/h1-14H,(H,31,32)(H,33,34)(H,35,36)(H,37,38). The second-order valence-electron chi connectivity index (χ2n) is 8.11. The Bertz CT molecular complexity index is 1670. The molecular weight excluding hydrogens is 524 g/mol. The molecule has 11 nitrogen and oxygen atoms in total. The van der Waals surface area contributed by atoms with Gasteiger partial charge in [-0.25, -0.2) is 19.2 Å². The topological polar surface area (TPSA) is 185 Å². The third-order valence-electron chi connectivity index (χ3n) is 5.63. The van der Waals surface area contributed by atoms with Crippen molar-refractivity contribution in [2.75, 3.05) is 0 Å². The fourth-order valence-electron chi connectivity index (χ4n) is 3.88. The number of rotatable bonds is 10. The van der Waals surface area contributed by atoms with Gasteiger partial charge in [-0.2, -0.15) is 0 Å². The highest BCUT2D eigenvalue weighted by Gasteiger charge is 2.27. The van der Waals surface area contributed by atoms with Crippen molar-refractivity contribution in [3.8, 4) is 23.0 Å². The van der Waals surface area contributed by atoms with E-state index in [1.54, 1.807) is 18.2 Å². The summed E-state index contributed by atoms with van der Waals surface area (Å²) in [5, 5.41) is 38.4. The minimum absolute atomic E-state index is 0.132. The first-order valence-electron chi connectivity index (χ1n) is 11.4. The van der Waals surface area contributed by atoms with Crippen LogP contribution in [0.1, 0.15) is 57.4 Å². The third kappa shape index (κ3) is 5.34. The predicted molar refractivity (Wildman–Crippen MR) is 137 cm³/mol. The number of benzene rings is 4. The van der Waals surface area contributed by atoms with Crippen molar-refractivity contribution < 1.29 is 53.9 Å². The number of aromatic carboxylic acids is 4. The monoisotopic (exact) mass is 542 g/mol. The van der Waals surface area contributed by atoms with E-state index >= 15 is 0 Å². The largest absolute Gasteiger partial charge is 0.478 e. The summed E-state index contributed by atoms with van der Waals surface area (Å²) in [5.74, 6) is -8.34. The number of carboxylic acid groups (broad SMARTS) is 4. The van der Waals surface area contributed by atoms with Crippen LogP contribution in [-0.4, -0.2) is 50.1 Å². The molecule has 0 bridgehead atoms. The minimum atomic E-state index is -1.62. The second-order valence-corrected chi connectivity index (χ2v) is 8.11. The molecule has 11 heteroatoms. The van der Waals surface area contributed by atoms with Crippen LogP contribution in [0.25, 0.3) is 0 Å². The summed E-state index contributed by atoms with van der Waals surface area (Å²) in [6, 6.07) is 19.0. The van der Waals surface area contributed by atoms with Gasteiger partial charge in [0, 0.05) is 5.56 Å². The minimum Gasteiger partial charge on any atom is -0.478 e. The molecule has 0 aliphatic heterocycles. The lowest BCUT2D eigenvalue weighted by atomic mass is 10.0. The number of carbonyl (C=O) groups is 5. The Morgan fingerprint density at radius 3 is 1.38 bits per heavy atom. The van der Waals surface area contributed by atoms with Crippen LogP contribution in [0.5, 0.6) is 23.0 Å². The molecule has 0 atom stereocenters. The summed E-state index contributed by atoms with van der Waals surface area (Å²) in [6.07, 6.45) is 0. The smallest absolute Gasteiger partial charge is 0.340 e. The van der Waals surface area contributed by atoms with Gasteiger partial charge in [0.05, 0.1) is 16.7 Å². The zero-order valence-corrected chi connectivity index (χ0v) is 20.2. The number of hydrogen-bond donors (Lipinski definition) is 4. The molecule has 0 aliphatic rings. The lowest BCUT2D eigenvalue weighted by Gasteiger charge is -2.18. The molecule has 40 heavy (non-hydrogen) atoms. The molecule has 4 N–H and O–H groups in total. The molecule has 0 amide bonds. The van der Waals surface area contributed by atoms with E-state index in [0.717, 1.165) is 12.1 Å². The zero-order valence-electron chi connectivity index (χ0n) is 20.2. The van der Waals surface area contributed by atoms with Crippen LogP contribution in [0.3, 0.4) is 0 Å². The van der Waals surface area contributed by atoms with Gasteiger partial charge in [0.15, 0.2) is 17.3 Å². The molecule has 0 aliphatic carbocycles. The van der Waals surface area contributed by atoms with E-state index in [9.17, 15) is 44.4 Å². The molecule has 4 aromatic rings. The Kier molecular flexibility index (Phi) is 7.57. The summed E-state index contributed by atoms with van der Waals surface area (Å²) in [5.41, 5.74) is -2.44. The van der Waals surface area contributed by atoms with E-state index in [1.165, 1.54) is 54.6 Å². The Morgan fingerprint density at radius 1 is 0.450 bits per heavy atom. The molecule has 4 rings (SSSR count). The van der Waals surface area contributed by atoms with E-state index in [1.807, 2.05) is 0 Å². The summed E-state index contributed by atoms with van der Waals surface area (Å²) in [7, 11) is 0. The lowest BCUT2D eigenvalue weighted by molar-refractivity contribution is 0.0648. The number of hydrogen-bond acceptors (Lipinski definition) is 7. The fourth-order valence-corrected chi connectivity index (χ4v) is 3.88. The average molecular weight is 542 g/mol. The molecule has 200 valence electrons. The van der Waals surface area contributed by atoms with Crippen molar-refractivity contribution in [1.29, 1.82) is 0 Å². The first-order valence-corrected chi connectivity index (χ1v) is 11.4. The number of carboxylic acids is 4. The first-order chi connectivity index (χ1) is 19.1. The van der Waals surface area contributed by atoms with Gasteiger partial charge in [0.2, 0.25) is 0 Å². The molecule has 0 aromatic heterocycles. The van der Waals surface area contributed by atoms with Crippen molar-refractivity contribution in [1.82, 2.24) is 0 Å². The Morgan fingerprint density at radius 2 is 0.900 bits per heavy atom. The van der Waals surface area contributed by atoms with Gasteiger partial charge >= 0.3 is 23.9 Å². The van der Waals surface area contributed by atoms with Crippen LogP contribution in [0.2, 0.25) is 0 Å². The van der Waals surface area contributed by atoms with Crippen molar-refractivity contribution in [2.24, 2.45) is 0 Å². The maximum Gasteiger partial charge on any atom is 0.340 e. The zero-order chi connectivity index (χ0) is 29.0. The maximum absolute atomic E-state index is 13.5. The highest BCUT2D eigenvalue weighted by Crippen LogP contribution is 2.41. The van der Waals surface area contributed by atoms with Crippen LogP contribution in [0.4, 0.5) is 0 Å². The maximum atomic E-state index is 13.5. The summed E-state index contributed by atoms with van der Waals surface area (Å²) < 4.78 is 11.6. The Labute approximate surface area is 225 Å². The van der Waals surface area contributed by atoms with Crippen molar-refractivity contribution in [3.05, 3.63) is 118 Å². The van der Waals surface area contributed by atoms with Gasteiger partial charge < -0.3 is 29.9 Å². The van der Waals surface area contributed by atoms with Crippen LogP contribution in [0.15, 0.2) is 84.9 Å². The molecular formula is C29H18O11. The van der Waals surface area contributed by atoms with Gasteiger partial charge in [0.1, 0.15) is 22.6 Å². The van der Waals surface area contributed by atoms with Crippen LogP contribution in [-0.2, 0) is 0 Å². The number of para-hydroxylation sites is 1. The van der Waals surface area contributed by atoms with Gasteiger partial charge in [-0.15, -0.1) is 0 Å². The molecule has 0 fully saturated rings. The van der Waals surface area contributed by atoms with Crippen LogP contribution in [0, 0.1) is 0 Å².